The maximum absolute atomic E-state index is 12.7. The normalized spacial score (nSPS) is 17.3. The molecule has 0 bridgehead atoms. The maximum Gasteiger partial charge on any atom is 0.274 e. The van der Waals surface area contributed by atoms with Crippen molar-refractivity contribution < 1.29 is 9.59 Å². The van der Waals surface area contributed by atoms with Gasteiger partial charge in [0.25, 0.3) is 5.91 Å². The largest absolute Gasteiger partial charge is 0.355 e. The van der Waals surface area contributed by atoms with E-state index in [4.69, 9.17) is 11.6 Å². The molecule has 0 radical (unpaired) electrons. The third-order valence-corrected chi connectivity index (χ3v) is 5.53. The summed E-state index contributed by atoms with van der Waals surface area (Å²) in [5.74, 6) is -0.161. The highest BCUT2D eigenvalue weighted by Gasteiger charge is 2.33. The van der Waals surface area contributed by atoms with Gasteiger partial charge in [0.2, 0.25) is 5.91 Å². The molecule has 1 aliphatic heterocycles. The van der Waals surface area contributed by atoms with Crippen LogP contribution in [0.3, 0.4) is 0 Å². The summed E-state index contributed by atoms with van der Waals surface area (Å²) in [6.07, 6.45) is 3.53. The third-order valence-electron chi connectivity index (χ3n) is 5.28. The summed E-state index contributed by atoms with van der Waals surface area (Å²) in [5.41, 5.74) is 1.63. The fourth-order valence-electron chi connectivity index (χ4n) is 3.43. The Hall–Kier alpha value is -2.38. The van der Waals surface area contributed by atoms with Crippen molar-refractivity contribution >= 4 is 23.4 Å². The minimum absolute atomic E-state index is 0.0415. The lowest BCUT2D eigenvalue weighted by Gasteiger charge is -2.38. The minimum Gasteiger partial charge on any atom is -0.355 e. The van der Waals surface area contributed by atoms with Gasteiger partial charge in [-0.05, 0) is 50.6 Å². The van der Waals surface area contributed by atoms with E-state index in [0.717, 1.165) is 24.4 Å². The molecule has 1 fully saturated rings. The van der Waals surface area contributed by atoms with Gasteiger partial charge in [0.1, 0.15) is 11.7 Å². The maximum atomic E-state index is 12.7. The zero-order valence-electron chi connectivity index (χ0n) is 17.0. The number of hydrogen-bond acceptors (Lipinski definition) is 4. The van der Waals surface area contributed by atoms with Crippen LogP contribution >= 0.6 is 11.6 Å². The van der Waals surface area contributed by atoms with Gasteiger partial charge in [0.05, 0.1) is 0 Å². The number of amides is 2. The number of piperazine rings is 1. The monoisotopic (exact) mass is 417 g/mol. The van der Waals surface area contributed by atoms with Gasteiger partial charge in [-0.15, -0.1) is 0 Å². The fourth-order valence-corrected chi connectivity index (χ4v) is 3.55. The van der Waals surface area contributed by atoms with Gasteiger partial charge in [-0.2, -0.15) is 5.10 Å². The van der Waals surface area contributed by atoms with E-state index in [2.05, 4.69) is 10.4 Å². The molecule has 2 heterocycles. The molecular formula is C21H28ClN5O2. The number of nitrogens with one attached hydrogen (secondary N) is 1. The van der Waals surface area contributed by atoms with Gasteiger partial charge in [0, 0.05) is 43.9 Å². The van der Waals surface area contributed by atoms with Crippen LogP contribution in [0.5, 0.6) is 0 Å². The fraction of sp³-hybridized carbons (Fsp3) is 0.476. The molecule has 8 heteroatoms. The summed E-state index contributed by atoms with van der Waals surface area (Å²) in [6, 6.07) is 9.14. The van der Waals surface area contributed by atoms with Crippen LogP contribution in [-0.2, 0) is 17.8 Å². The molecule has 29 heavy (non-hydrogen) atoms. The van der Waals surface area contributed by atoms with Crippen molar-refractivity contribution in [3.05, 3.63) is 52.8 Å². The summed E-state index contributed by atoms with van der Waals surface area (Å²) < 4.78 is 1.73. The van der Waals surface area contributed by atoms with Crippen LogP contribution in [0.15, 0.2) is 36.5 Å². The van der Waals surface area contributed by atoms with E-state index < -0.39 is 0 Å². The molecule has 156 valence electrons. The molecule has 1 saturated heterocycles. The number of likely N-dealkylation sites (N-methyl/N-ethyl adjacent to an activating group) is 1. The van der Waals surface area contributed by atoms with Crippen molar-refractivity contribution in [3.63, 3.8) is 0 Å². The number of aryl methyl sites for hydroxylation is 2. The molecule has 1 aromatic carbocycles. The quantitative estimate of drug-likeness (QED) is 0.700. The van der Waals surface area contributed by atoms with Gasteiger partial charge < -0.3 is 10.2 Å². The van der Waals surface area contributed by atoms with Crippen molar-refractivity contribution in [1.29, 1.82) is 0 Å². The Morgan fingerprint density at radius 3 is 2.66 bits per heavy atom. The Balaban J connectivity index is 1.49. The van der Waals surface area contributed by atoms with Gasteiger partial charge >= 0.3 is 0 Å². The first kappa shape index (κ1) is 21.3. The van der Waals surface area contributed by atoms with Crippen LogP contribution in [0.2, 0.25) is 5.02 Å². The number of aromatic nitrogens is 2. The second kappa shape index (κ2) is 9.89. The highest BCUT2D eigenvalue weighted by atomic mass is 35.5. The van der Waals surface area contributed by atoms with E-state index >= 15 is 0 Å². The molecule has 1 aliphatic rings. The standard InChI is InChI=1S/C21H28ClN5O2/c1-3-27-12-10-18(24-27)21(29)26-14-13-25(2)19(15-26)20(28)23-11-4-5-16-6-8-17(22)9-7-16/h6-10,12,19H,3-5,11,13-15H2,1-2H3,(H,23,28)/t19-/m1/s1. The zero-order chi connectivity index (χ0) is 20.8. The summed E-state index contributed by atoms with van der Waals surface area (Å²) in [6.45, 7) is 4.91. The van der Waals surface area contributed by atoms with Crippen LogP contribution in [0.1, 0.15) is 29.4 Å². The SMILES string of the molecule is CCn1ccc(C(=O)N2CCN(C)[C@@H](C(=O)NCCCc3ccc(Cl)cc3)C2)n1. The number of carbonyl (C=O) groups is 2. The van der Waals surface area contributed by atoms with Crippen molar-refractivity contribution in [2.75, 3.05) is 33.2 Å². The first-order valence-corrected chi connectivity index (χ1v) is 10.4. The lowest BCUT2D eigenvalue weighted by atomic mass is 10.1. The van der Waals surface area contributed by atoms with Crippen LogP contribution < -0.4 is 5.32 Å². The minimum atomic E-state index is -0.350. The number of hydrogen-bond donors (Lipinski definition) is 1. The number of benzene rings is 1. The van der Waals surface area contributed by atoms with E-state index in [0.29, 0.717) is 31.9 Å². The van der Waals surface area contributed by atoms with Crippen LogP contribution in [0.25, 0.3) is 0 Å². The van der Waals surface area contributed by atoms with Crippen molar-refractivity contribution in [2.45, 2.75) is 32.4 Å². The summed E-state index contributed by atoms with van der Waals surface area (Å²) in [7, 11) is 1.92. The molecule has 2 aromatic rings. The number of rotatable bonds is 7. The first-order chi connectivity index (χ1) is 14.0. The average molecular weight is 418 g/mol. The predicted octanol–water partition coefficient (Wildman–Crippen LogP) is 2.06. The van der Waals surface area contributed by atoms with E-state index in [1.54, 1.807) is 21.8 Å². The van der Waals surface area contributed by atoms with Crippen molar-refractivity contribution in [3.8, 4) is 0 Å². The zero-order valence-corrected chi connectivity index (χ0v) is 17.7. The Labute approximate surface area is 176 Å². The first-order valence-electron chi connectivity index (χ1n) is 10.0. The molecular weight excluding hydrogens is 390 g/mol. The third kappa shape index (κ3) is 5.58. The number of halogens is 1. The smallest absolute Gasteiger partial charge is 0.274 e. The summed E-state index contributed by atoms with van der Waals surface area (Å²) in [4.78, 5) is 29.2. The Bertz CT molecular complexity index is 836. The number of carbonyl (C=O) groups excluding carboxylic acids is 2. The summed E-state index contributed by atoms with van der Waals surface area (Å²) >= 11 is 5.90. The molecule has 3 rings (SSSR count). The molecule has 1 aromatic heterocycles. The molecule has 0 saturated carbocycles. The highest BCUT2D eigenvalue weighted by molar-refractivity contribution is 6.30. The second-order valence-electron chi connectivity index (χ2n) is 7.33. The van der Waals surface area contributed by atoms with E-state index in [1.165, 1.54) is 5.56 Å². The van der Waals surface area contributed by atoms with Crippen molar-refractivity contribution in [2.24, 2.45) is 0 Å². The van der Waals surface area contributed by atoms with Crippen LogP contribution in [-0.4, -0.2) is 70.7 Å². The Morgan fingerprint density at radius 2 is 1.97 bits per heavy atom. The Kier molecular flexibility index (Phi) is 7.28. The lowest BCUT2D eigenvalue weighted by molar-refractivity contribution is -0.127. The topological polar surface area (TPSA) is 70.5 Å². The average Bonchev–Trinajstić information content (AvgIpc) is 3.21. The predicted molar refractivity (Wildman–Crippen MR) is 113 cm³/mol. The molecule has 1 atom stereocenters. The van der Waals surface area contributed by atoms with Crippen molar-refractivity contribution in [1.82, 2.24) is 24.9 Å². The molecule has 7 nitrogen and oxygen atoms in total. The second-order valence-corrected chi connectivity index (χ2v) is 7.76. The van der Waals surface area contributed by atoms with Gasteiger partial charge in [-0.3, -0.25) is 19.2 Å². The molecule has 0 unspecified atom stereocenters. The molecule has 1 N–H and O–H groups in total. The highest BCUT2D eigenvalue weighted by Crippen LogP contribution is 2.13. The van der Waals surface area contributed by atoms with E-state index in [-0.39, 0.29) is 17.9 Å². The number of nitrogens with zero attached hydrogens (tertiary/aromatic N) is 4. The molecule has 0 aliphatic carbocycles. The van der Waals surface area contributed by atoms with Gasteiger partial charge in [0.15, 0.2) is 0 Å². The molecule has 0 spiro atoms. The van der Waals surface area contributed by atoms with E-state index in [1.807, 2.05) is 43.1 Å². The van der Waals surface area contributed by atoms with Crippen LogP contribution in [0, 0.1) is 0 Å². The lowest BCUT2D eigenvalue weighted by Crippen LogP contribution is -2.58. The Morgan fingerprint density at radius 1 is 1.21 bits per heavy atom. The molecule has 2 amide bonds. The summed E-state index contributed by atoms with van der Waals surface area (Å²) in [5, 5.41) is 8.03. The van der Waals surface area contributed by atoms with E-state index in [9.17, 15) is 9.59 Å². The van der Waals surface area contributed by atoms with Gasteiger partial charge in [-0.1, -0.05) is 23.7 Å². The van der Waals surface area contributed by atoms with Gasteiger partial charge in [-0.25, -0.2) is 0 Å². The van der Waals surface area contributed by atoms with Crippen LogP contribution in [0.4, 0.5) is 0 Å².